The first-order valence-corrected chi connectivity index (χ1v) is 4.86. The van der Waals surface area contributed by atoms with Crippen LogP contribution in [0.5, 0.6) is 5.75 Å². The van der Waals surface area contributed by atoms with Crippen molar-refractivity contribution in [3.63, 3.8) is 0 Å². The van der Waals surface area contributed by atoms with Crippen molar-refractivity contribution in [2.75, 3.05) is 7.11 Å². The van der Waals surface area contributed by atoms with E-state index in [9.17, 15) is 0 Å². The van der Waals surface area contributed by atoms with Gasteiger partial charge in [0.1, 0.15) is 5.75 Å². The van der Waals surface area contributed by atoms with Gasteiger partial charge in [-0.05, 0) is 35.7 Å². The van der Waals surface area contributed by atoms with Crippen LogP contribution in [0.2, 0.25) is 0 Å². The van der Waals surface area contributed by atoms with E-state index in [0.717, 1.165) is 11.3 Å². The van der Waals surface area contributed by atoms with Crippen LogP contribution < -0.4 is 4.74 Å². The van der Waals surface area contributed by atoms with Gasteiger partial charge in [0.15, 0.2) is 0 Å². The maximum absolute atomic E-state index is 5.11. The number of methoxy groups -OCH3 is 1. The van der Waals surface area contributed by atoms with Crippen molar-refractivity contribution in [2.24, 2.45) is 0 Å². The first-order valence-electron chi connectivity index (χ1n) is 4.86. The van der Waals surface area contributed by atoms with E-state index >= 15 is 0 Å². The summed E-state index contributed by atoms with van der Waals surface area (Å²) in [6.07, 6.45) is 0. The molecule has 75 valence electrons. The largest absolute Gasteiger partial charge is 0.497 e. The van der Waals surface area contributed by atoms with Crippen molar-refractivity contribution in [1.82, 2.24) is 0 Å². The average molecular weight is 197 g/mol. The maximum atomic E-state index is 5.11. The van der Waals surface area contributed by atoms with Crippen LogP contribution in [0.25, 0.3) is 11.1 Å². The Morgan fingerprint density at radius 1 is 0.800 bits per heavy atom. The first kappa shape index (κ1) is 9.78. The molecule has 2 aromatic rings. The molecule has 0 atom stereocenters. The van der Waals surface area contributed by atoms with Crippen LogP contribution in [0.4, 0.5) is 0 Å². The van der Waals surface area contributed by atoms with E-state index in [1.165, 1.54) is 11.1 Å². The highest BCUT2D eigenvalue weighted by Gasteiger charge is 1.97. The minimum atomic E-state index is 0.882. The Balaban J connectivity index is 2.33. The topological polar surface area (TPSA) is 9.23 Å². The number of hydrogen-bond acceptors (Lipinski definition) is 1. The summed E-state index contributed by atoms with van der Waals surface area (Å²) in [7, 11) is 1.67. The van der Waals surface area contributed by atoms with Gasteiger partial charge < -0.3 is 4.74 Å². The second-order valence-corrected chi connectivity index (χ2v) is 3.43. The Kier molecular flexibility index (Phi) is 2.72. The third-order valence-electron chi connectivity index (χ3n) is 2.38. The fourth-order valence-corrected chi connectivity index (χ4v) is 1.48. The van der Waals surface area contributed by atoms with E-state index in [1.54, 1.807) is 7.11 Å². The molecule has 0 saturated heterocycles. The van der Waals surface area contributed by atoms with Crippen LogP contribution in [0, 0.1) is 6.92 Å². The van der Waals surface area contributed by atoms with Crippen LogP contribution in [0.3, 0.4) is 0 Å². The fourth-order valence-electron chi connectivity index (χ4n) is 1.48. The van der Waals surface area contributed by atoms with Gasteiger partial charge in [0, 0.05) is 0 Å². The van der Waals surface area contributed by atoms with E-state index in [0.29, 0.717) is 0 Å². The Bertz CT molecular complexity index is 426. The lowest BCUT2D eigenvalue weighted by atomic mass is 10.0. The van der Waals surface area contributed by atoms with E-state index in [-0.39, 0.29) is 0 Å². The normalized spacial score (nSPS) is 10.0. The molecule has 0 spiro atoms. The van der Waals surface area contributed by atoms with Gasteiger partial charge in [-0.2, -0.15) is 0 Å². The van der Waals surface area contributed by atoms with Gasteiger partial charge in [-0.1, -0.05) is 36.4 Å². The minimum Gasteiger partial charge on any atom is -0.497 e. The molecule has 2 aromatic carbocycles. The average Bonchev–Trinajstić information content (AvgIpc) is 2.30. The number of hydrogen-bond donors (Lipinski definition) is 0. The highest BCUT2D eigenvalue weighted by Crippen LogP contribution is 2.22. The van der Waals surface area contributed by atoms with Gasteiger partial charge in [-0.15, -0.1) is 0 Å². The lowest BCUT2D eigenvalue weighted by molar-refractivity contribution is 0.415. The summed E-state index contributed by atoms with van der Waals surface area (Å²) in [5, 5.41) is 0. The summed E-state index contributed by atoms with van der Waals surface area (Å²) in [5.41, 5.74) is 3.42. The fraction of sp³-hybridized carbons (Fsp3) is 0.0714. The highest BCUT2D eigenvalue weighted by molar-refractivity contribution is 5.64. The zero-order valence-electron chi connectivity index (χ0n) is 8.73. The molecule has 0 unspecified atom stereocenters. The Morgan fingerprint density at radius 2 is 1.27 bits per heavy atom. The van der Waals surface area contributed by atoms with Crippen LogP contribution in [0.15, 0.2) is 48.5 Å². The highest BCUT2D eigenvalue weighted by atomic mass is 16.5. The van der Waals surface area contributed by atoms with Gasteiger partial charge in [0.2, 0.25) is 0 Å². The lowest BCUT2D eigenvalue weighted by Crippen LogP contribution is -1.82. The molecule has 0 bridgehead atoms. The summed E-state index contributed by atoms with van der Waals surface area (Å²) in [6.45, 7) is 3.86. The van der Waals surface area contributed by atoms with Crippen LogP contribution >= 0.6 is 0 Å². The van der Waals surface area contributed by atoms with Crippen molar-refractivity contribution in [1.29, 1.82) is 0 Å². The first-order chi connectivity index (χ1) is 7.29. The van der Waals surface area contributed by atoms with E-state index in [2.05, 4.69) is 31.2 Å². The van der Waals surface area contributed by atoms with Crippen LogP contribution in [0.1, 0.15) is 5.56 Å². The smallest absolute Gasteiger partial charge is 0.118 e. The molecule has 0 aliphatic carbocycles. The molecule has 0 saturated carbocycles. The maximum Gasteiger partial charge on any atom is 0.118 e. The molecule has 0 aromatic heterocycles. The Labute approximate surface area is 90.3 Å². The van der Waals surface area contributed by atoms with Gasteiger partial charge in [-0.25, -0.2) is 0 Å². The summed E-state index contributed by atoms with van der Waals surface area (Å²) in [6, 6.07) is 16.2. The summed E-state index contributed by atoms with van der Waals surface area (Å²) < 4.78 is 5.11. The predicted molar refractivity (Wildman–Crippen MR) is 62.9 cm³/mol. The molecule has 1 heteroatoms. The molecule has 0 aliphatic heterocycles. The quantitative estimate of drug-likeness (QED) is 0.715. The Morgan fingerprint density at radius 3 is 1.73 bits per heavy atom. The molecular formula is C14H13O. The second kappa shape index (κ2) is 4.18. The van der Waals surface area contributed by atoms with Crippen molar-refractivity contribution in [3.05, 3.63) is 61.0 Å². The summed E-state index contributed by atoms with van der Waals surface area (Å²) >= 11 is 0. The molecule has 2 rings (SSSR count). The molecule has 0 N–H and O–H groups in total. The van der Waals surface area contributed by atoms with Gasteiger partial charge in [0.25, 0.3) is 0 Å². The van der Waals surface area contributed by atoms with Crippen molar-refractivity contribution >= 4 is 0 Å². The van der Waals surface area contributed by atoms with E-state index in [1.807, 2.05) is 24.3 Å². The van der Waals surface area contributed by atoms with Crippen molar-refractivity contribution < 1.29 is 4.74 Å². The monoisotopic (exact) mass is 197 g/mol. The molecule has 1 nitrogen and oxygen atoms in total. The number of rotatable bonds is 2. The molecule has 0 heterocycles. The number of ether oxygens (including phenoxy) is 1. The van der Waals surface area contributed by atoms with Crippen molar-refractivity contribution in [2.45, 2.75) is 0 Å². The van der Waals surface area contributed by atoms with Crippen molar-refractivity contribution in [3.8, 4) is 16.9 Å². The van der Waals surface area contributed by atoms with Crippen LogP contribution in [-0.4, -0.2) is 7.11 Å². The van der Waals surface area contributed by atoms with Gasteiger partial charge >= 0.3 is 0 Å². The molecule has 0 fully saturated rings. The van der Waals surface area contributed by atoms with E-state index in [4.69, 9.17) is 4.74 Å². The molecule has 0 aliphatic rings. The second-order valence-electron chi connectivity index (χ2n) is 3.43. The summed E-state index contributed by atoms with van der Waals surface area (Å²) in [4.78, 5) is 0. The molecule has 1 radical (unpaired) electrons. The standard InChI is InChI=1S/C14H13O/c1-11-3-5-12(6-4-11)13-7-9-14(15-2)10-8-13/h3-10H,1H2,2H3. The zero-order valence-corrected chi connectivity index (χ0v) is 8.73. The van der Waals surface area contributed by atoms with E-state index < -0.39 is 0 Å². The van der Waals surface area contributed by atoms with Crippen LogP contribution in [-0.2, 0) is 0 Å². The molecule has 15 heavy (non-hydrogen) atoms. The van der Waals surface area contributed by atoms with Gasteiger partial charge in [0.05, 0.1) is 7.11 Å². The number of benzene rings is 2. The predicted octanol–water partition coefficient (Wildman–Crippen LogP) is 3.54. The third-order valence-corrected chi connectivity index (χ3v) is 2.38. The summed E-state index contributed by atoms with van der Waals surface area (Å²) in [5.74, 6) is 0.882. The minimum absolute atomic E-state index is 0.882. The third kappa shape index (κ3) is 2.18. The molecular weight excluding hydrogens is 184 g/mol. The SMILES string of the molecule is [CH2]c1ccc(-c2ccc(OC)cc2)cc1. The lowest BCUT2D eigenvalue weighted by Gasteiger charge is -2.03. The Hall–Kier alpha value is -1.76. The molecule has 0 amide bonds. The van der Waals surface area contributed by atoms with Gasteiger partial charge in [-0.3, -0.25) is 0 Å². The zero-order chi connectivity index (χ0) is 10.7.